The lowest BCUT2D eigenvalue weighted by molar-refractivity contribution is -0.127. The standard InChI is InChI=1S/C17H33N3O/c1-14-11-15(2)13-20(12-14)10-6-9-19-16(21)17(18)7-4-3-5-8-17/h14-15H,3-13,18H2,1-2H3,(H,19,21). The van der Waals surface area contributed by atoms with Gasteiger partial charge in [-0.05, 0) is 44.1 Å². The lowest BCUT2D eigenvalue weighted by Gasteiger charge is -2.35. The minimum absolute atomic E-state index is 0.0718. The van der Waals surface area contributed by atoms with Crippen molar-refractivity contribution in [3.05, 3.63) is 0 Å². The summed E-state index contributed by atoms with van der Waals surface area (Å²) in [6.07, 6.45) is 7.47. The zero-order valence-electron chi connectivity index (χ0n) is 13.9. The maximum Gasteiger partial charge on any atom is 0.240 e. The minimum atomic E-state index is -0.591. The highest BCUT2D eigenvalue weighted by atomic mass is 16.2. The third-order valence-electron chi connectivity index (χ3n) is 5.08. The van der Waals surface area contributed by atoms with Crippen LogP contribution in [-0.2, 0) is 4.79 Å². The number of piperidine rings is 1. The fourth-order valence-corrected chi connectivity index (χ4v) is 4.06. The van der Waals surface area contributed by atoms with E-state index in [1.165, 1.54) is 25.9 Å². The van der Waals surface area contributed by atoms with Crippen LogP contribution in [-0.4, -0.2) is 42.5 Å². The first-order valence-electron chi connectivity index (χ1n) is 8.79. The van der Waals surface area contributed by atoms with E-state index < -0.39 is 5.54 Å². The Kier molecular flexibility index (Phi) is 6.06. The lowest BCUT2D eigenvalue weighted by Crippen LogP contribution is -2.55. The SMILES string of the molecule is CC1CC(C)CN(CCCNC(=O)C2(N)CCCCC2)C1. The monoisotopic (exact) mass is 295 g/mol. The van der Waals surface area contributed by atoms with Gasteiger partial charge in [-0.1, -0.05) is 33.1 Å². The van der Waals surface area contributed by atoms with E-state index in [0.29, 0.717) is 0 Å². The molecule has 2 unspecified atom stereocenters. The maximum absolute atomic E-state index is 12.2. The molecule has 1 aliphatic heterocycles. The molecule has 0 aromatic rings. The molecule has 2 rings (SSSR count). The van der Waals surface area contributed by atoms with Gasteiger partial charge in [0.05, 0.1) is 5.54 Å². The molecule has 2 fully saturated rings. The molecule has 0 aromatic heterocycles. The molecule has 0 spiro atoms. The summed E-state index contributed by atoms with van der Waals surface area (Å²) in [5.41, 5.74) is 5.65. The van der Waals surface area contributed by atoms with E-state index in [0.717, 1.165) is 57.0 Å². The third-order valence-corrected chi connectivity index (χ3v) is 5.08. The minimum Gasteiger partial charge on any atom is -0.354 e. The van der Waals surface area contributed by atoms with Crippen LogP contribution in [0, 0.1) is 11.8 Å². The maximum atomic E-state index is 12.2. The Labute approximate surface area is 129 Å². The Morgan fingerprint density at radius 3 is 2.43 bits per heavy atom. The van der Waals surface area contributed by atoms with Crippen LogP contribution in [0.15, 0.2) is 0 Å². The molecule has 4 heteroatoms. The molecule has 3 N–H and O–H groups in total. The Morgan fingerprint density at radius 1 is 1.19 bits per heavy atom. The van der Waals surface area contributed by atoms with Gasteiger partial charge in [-0.2, -0.15) is 0 Å². The first kappa shape index (κ1) is 16.8. The van der Waals surface area contributed by atoms with Crippen molar-refractivity contribution in [1.82, 2.24) is 10.2 Å². The first-order chi connectivity index (χ1) is 9.99. The van der Waals surface area contributed by atoms with Crippen LogP contribution in [0.2, 0.25) is 0 Å². The summed E-state index contributed by atoms with van der Waals surface area (Å²) >= 11 is 0. The van der Waals surface area contributed by atoms with Crippen molar-refractivity contribution in [1.29, 1.82) is 0 Å². The Bertz CT molecular complexity index is 329. The quantitative estimate of drug-likeness (QED) is 0.764. The second-order valence-electron chi connectivity index (χ2n) is 7.53. The third kappa shape index (κ3) is 4.96. The van der Waals surface area contributed by atoms with E-state index in [1.54, 1.807) is 0 Å². The van der Waals surface area contributed by atoms with Gasteiger partial charge in [0.25, 0.3) is 0 Å². The number of hydrogen-bond acceptors (Lipinski definition) is 3. The lowest BCUT2D eigenvalue weighted by atomic mass is 9.82. The molecule has 2 atom stereocenters. The molecular weight excluding hydrogens is 262 g/mol. The van der Waals surface area contributed by atoms with Gasteiger partial charge in [0.1, 0.15) is 0 Å². The highest BCUT2D eigenvalue weighted by Crippen LogP contribution is 2.26. The van der Waals surface area contributed by atoms with E-state index in [4.69, 9.17) is 5.73 Å². The number of amides is 1. The number of carbonyl (C=O) groups excluding carboxylic acids is 1. The Morgan fingerprint density at radius 2 is 1.81 bits per heavy atom. The number of likely N-dealkylation sites (tertiary alicyclic amines) is 1. The molecule has 21 heavy (non-hydrogen) atoms. The fraction of sp³-hybridized carbons (Fsp3) is 0.941. The van der Waals surface area contributed by atoms with Crippen molar-refractivity contribution in [2.45, 2.75) is 64.3 Å². The summed E-state index contributed by atoms with van der Waals surface area (Å²) < 4.78 is 0. The van der Waals surface area contributed by atoms with Gasteiger partial charge in [-0.3, -0.25) is 4.79 Å². The number of nitrogens with two attached hydrogens (primary N) is 1. The summed E-state index contributed by atoms with van der Waals surface area (Å²) in [6, 6.07) is 0. The van der Waals surface area contributed by atoms with Crippen LogP contribution < -0.4 is 11.1 Å². The number of nitrogens with one attached hydrogen (secondary N) is 1. The highest BCUT2D eigenvalue weighted by molar-refractivity contribution is 5.86. The molecule has 4 nitrogen and oxygen atoms in total. The second kappa shape index (κ2) is 7.59. The van der Waals surface area contributed by atoms with Gasteiger partial charge < -0.3 is 16.0 Å². The average molecular weight is 295 g/mol. The van der Waals surface area contributed by atoms with E-state index in [9.17, 15) is 4.79 Å². The van der Waals surface area contributed by atoms with Gasteiger partial charge >= 0.3 is 0 Å². The van der Waals surface area contributed by atoms with E-state index in [2.05, 4.69) is 24.1 Å². The number of hydrogen-bond donors (Lipinski definition) is 2. The van der Waals surface area contributed by atoms with Gasteiger partial charge in [0.2, 0.25) is 5.91 Å². The van der Waals surface area contributed by atoms with Crippen LogP contribution in [0.3, 0.4) is 0 Å². The van der Waals surface area contributed by atoms with Gasteiger partial charge in [-0.25, -0.2) is 0 Å². The van der Waals surface area contributed by atoms with Crippen molar-refractivity contribution < 1.29 is 4.79 Å². The molecule has 1 heterocycles. The Hall–Kier alpha value is -0.610. The zero-order chi connectivity index (χ0) is 15.3. The topological polar surface area (TPSA) is 58.4 Å². The largest absolute Gasteiger partial charge is 0.354 e. The summed E-state index contributed by atoms with van der Waals surface area (Å²) in [5, 5.41) is 3.06. The average Bonchev–Trinajstić information content (AvgIpc) is 2.43. The van der Waals surface area contributed by atoms with Crippen LogP contribution in [0.1, 0.15) is 58.8 Å². The molecule has 1 saturated carbocycles. The molecule has 1 saturated heterocycles. The normalized spacial score (nSPS) is 30.0. The first-order valence-corrected chi connectivity index (χ1v) is 8.79. The van der Waals surface area contributed by atoms with E-state index in [1.807, 2.05) is 0 Å². The van der Waals surface area contributed by atoms with Crippen LogP contribution in [0.4, 0.5) is 0 Å². The summed E-state index contributed by atoms with van der Waals surface area (Å²) in [4.78, 5) is 14.8. The van der Waals surface area contributed by atoms with Gasteiger partial charge in [0.15, 0.2) is 0 Å². The van der Waals surface area contributed by atoms with Crippen LogP contribution in [0.25, 0.3) is 0 Å². The second-order valence-corrected chi connectivity index (χ2v) is 7.53. The number of nitrogens with zero attached hydrogens (tertiary/aromatic N) is 1. The molecule has 1 aliphatic carbocycles. The fourth-order valence-electron chi connectivity index (χ4n) is 4.06. The molecule has 0 radical (unpaired) electrons. The van der Waals surface area contributed by atoms with Crippen LogP contribution >= 0.6 is 0 Å². The van der Waals surface area contributed by atoms with E-state index >= 15 is 0 Å². The van der Waals surface area contributed by atoms with Crippen molar-refractivity contribution in [3.63, 3.8) is 0 Å². The molecule has 0 bridgehead atoms. The summed E-state index contributed by atoms with van der Waals surface area (Å²) in [5.74, 6) is 1.68. The van der Waals surface area contributed by atoms with Crippen molar-refractivity contribution >= 4 is 5.91 Å². The van der Waals surface area contributed by atoms with Crippen molar-refractivity contribution in [2.75, 3.05) is 26.2 Å². The predicted molar refractivity (Wildman–Crippen MR) is 87.0 cm³/mol. The van der Waals surface area contributed by atoms with Crippen molar-refractivity contribution in [3.8, 4) is 0 Å². The number of rotatable bonds is 5. The Balaban J connectivity index is 1.64. The predicted octanol–water partition coefficient (Wildman–Crippen LogP) is 2.13. The van der Waals surface area contributed by atoms with Crippen molar-refractivity contribution in [2.24, 2.45) is 17.6 Å². The molecule has 2 aliphatic rings. The molecule has 122 valence electrons. The van der Waals surface area contributed by atoms with Gasteiger partial charge in [0, 0.05) is 19.6 Å². The zero-order valence-corrected chi connectivity index (χ0v) is 13.9. The molecule has 0 aromatic carbocycles. The van der Waals surface area contributed by atoms with Gasteiger partial charge in [-0.15, -0.1) is 0 Å². The summed E-state index contributed by atoms with van der Waals surface area (Å²) in [7, 11) is 0. The molecular formula is C17H33N3O. The summed E-state index contributed by atoms with van der Waals surface area (Å²) in [6.45, 7) is 8.94. The van der Waals surface area contributed by atoms with E-state index in [-0.39, 0.29) is 5.91 Å². The van der Waals surface area contributed by atoms with Crippen LogP contribution in [0.5, 0.6) is 0 Å². The smallest absolute Gasteiger partial charge is 0.240 e. The highest BCUT2D eigenvalue weighted by Gasteiger charge is 2.34. The molecule has 1 amide bonds. The number of carbonyl (C=O) groups is 1.